The fourth-order valence-electron chi connectivity index (χ4n) is 2.54. The van der Waals surface area contributed by atoms with Crippen molar-refractivity contribution in [3.05, 3.63) is 29.8 Å². The molecule has 1 aliphatic rings. The van der Waals surface area contributed by atoms with Crippen molar-refractivity contribution in [3.8, 4) is 0 Å². The summed E-state index contributed by atoms with van der Waals surface area (Å²) in [5, 5.41) is 0. The number of rotatable bonds is 7. The van der Waals surface area contributed by atoms with Crippen LogP contribution in [0.15, 0.2) is 29.2 Å². The predicted octanol–water partition coefficient (Wildman–Crippen LogP) is 1.34. The van der Waals surface area contributed by atoms with Crippen LogP contribution in [-0.2, 0) is 26.5 Å². The van der Waals surface area contributed by atoms with Crippen molar-refractivity contribution in [2.75, 3.05) is 25.4 Å². The van der Waals surface area contributed by atoms with Crippen LogP contribution < -0.4 is 4.72 Å². The van der Waals surface area contributed by atoms with Crippen molar-refractivity contribution < 1.29 is 16.8 Å². The van der Waals surface area contributed by atoms with E-state index in [2.05, 4.69) is 4.72 Å². The first-order chi connectivity index (χ1) is 10.8. The number of piperidine rings is 1. The average molecular weight is 361 g/mol. The molecular weight excluding hydrogens is 336 g/mol. The lowest BCUT2D eigenvalue weighted by Crippen LogP contribution is -2.35. The van der Waals surface area contributed by atoms with Crippen LogP contribution >= 0.6 is 0 Å². The molecule has 0 aliphatic carbocycles. The van der Waals surface area contributed by atoms with E-state index in [-0.39, 0.29) is 5.75 Å². The first-order valence-electron chi connectivity index (χ1n) is 7.91. The van der Waals surface area contributed by atoms with Crippen LogP contribution in [0.2, 0.25) is 0 Å². The highest BCUT2D eigenvalue weighted by Gasteiger charge is 2.25. The van der Waals surface area contributed by atoms with Crippen molar-refractivity contribution in [1.82, 2.24) is 9.03 Å². The summed E-state index contributed by atoms with van der Waals surface area (Å²) in [6.07, 6.45) is 3.44. The van der Waals surface area contributed by atoms with E-state index in [1.165, 1.54) is 0 Å². The molecular formula is C15H24N2O4S2. The molecule has 1 saturated heterocycles. The van der Waals surface area contributed by atoms with Gasteiger partial charge in [-0.2, -0.15) is 4.31 Å². The topological polar surface area (TPSA) is 83.5 Å². The summed E-state index contributed by atoms with van der Waals surface area (Å²) in [5.74, 6) is 0.0556. The summed E-state index contributed by atoms with van der Waals surface area (Å²) >= 11 is 0. The van der Waals surface area contributed by atoms with E-state index < -0.39 is 20.0 Å². The van der Waals surface area contributed by atoms with E-state index in [0.29, 0.717) is 31.0 Å². The first-order valence-corrected chi connectivity index (χ1v) is 11.0. The molecule has 1 N–H and O–H groups in total. The van der Waals surface area contributed by atoms with Crippen LogP contribution in [0.25, 0.3) is 0 Å². The summed E-state index contributed by atoms with van der Waals surface area (Å²) in [7, 11) is -6.59. The van der Waals surface area contributed by atoms with Gasteiger partial charge in [-0.3, -0.25) is 0 Å². The van der Waals surface area contributed by atoms with Crippen LogP contribution in [0.3, 0.4) is 0 Å². The maximum atomic E-state index is 12.5. The molecule has 0 atom stereocenters. The Bertz CT molecular complexity index is 706. The second kappa shape index (κ2) is 7.74. The van der Waals surface area contributed by atoms with Crippen molar-refractivity contribution in [3.63, 3.8) is 0 Å². The number of benzene rings is 1. The van der Waals surface area contributed by atoms with Crippen LogP contribution in [0, 0.1) is 0 Å². The number of nitrogens with zero attached hydrogens (tertiary/aromatic N) is 1. The van der Waals surface area contributed by atoms with E-state index in [4.69, 9.17) is 0 Å². The molecule has 130 valence electrons. The maximum Gasteiger partial charge on any atom is 0.243 e. The second-order valence-electron chi connectivity index (χ2n) is 5.66. The quantitative estimate of drug-likeness (QED) is 0.795. The molecule has 23 heavy (non-hydrogen) atoms. The van der Waals surface area contributed by atoms with E-state index >= 15 is 0 Å². The zero-order chi connectivity index (χ0) is 16.9. The van der Waals surface area contributed by atoms with Gasteiger partial charge in [0.15, 0.2) is 0 Å². The van der Waals surface area contributed by atoms with Gasteiger partial charge in [0.25, 0.3) is 0 Å². The molecule has 1 heterocycles. The fourth-order valence-corrected chi connectivity index (χ4v) is 4.67. The van der Waals surface area contributed by atoms with Gasteiger partial charge in [0.05, 0.1) is 10.6 Å². The normalized spacial score (nSPS) is 17.3. The second-order valence-corrected chi connectivity index (χ2v) is 9.69. The van der Waals surface area contributed by atoms with Crippen molar-refractivity contribution >= 4 is 20.0 Å². The van der Waals surface area contributed by atoms with Crippen molar-refractivity contribution in [1.29, 1.82) is 0 Å². The molecule has 1 aromatic carbocycles. The molecule has 0 unspecified atom stereocenters. The summed E-state index contributed by atoms with van der Waals surface area (Å²) < 4.78 is 51.8. The SMILES string of the molecule is CCS(=O)(=O)NCCc1ccc(S(=O)(=O)N2CCCCC2)cc1. The molecule has 2 rings (SSSR count). The molecule has 0 amide bonds. The standard InChI is InChI=1S/C15H24N2O4S2/c1-2-22(18,19)16-11-10-14-6-8-15(9-7-14)23(20,21)17-12-4-3-5-13-17/h6-9,16H,2-5,10-13H2,1H3. The van der Waals surface area contributed by atoms with E-state index in [1.54, 1.807) is 35.5 Å². The highest BCUT2D eigenvalue weighted by atomic mass is 32.2. The Kier molecular flexibility index (Phi) is 6.19. The molecule has 0 saturated carbocycles. The fraction of sp³-hybridized carbons (Fsp3) is 0.600. The molecule has 0 spiro atoms. The van der Waals surface area contributed by atoms with E-state index in [0.717, 1.165) is 24.8 Å². The van der Waals surface area contributed by atoms with Crippen molar-refractivity contribution in [2.45, 2.75) is 37.5 Å². The summed E-state index contributed by atoms with van der Waals surface area (Å²) in [4.78, 5) is 0.303. The number of sulfonamides is 2. The Morgan fingerprint density at radius 1 is 1.00 bits per heavy atom. The van der Waals surface area contributed by atoms with Gasteiger partial charge in [0, 0.05) is 19.6 Å². The summed E-state index contributed by atoms with van der Waals surface area (Å²) in [6, 6.07) is 6.70. The smallest absolute Gasteiger partial charge is 0.215 e. The maximum absolute atomic E-state index is 12.5. The Morgan fingerprint density at radius 3 is 2.17 bits per heavy atom. The molecule has 1 aromatic rings. The third-order valence-corrected chi connectivity index (χ3v) is 7.31. The highest BCUT2D eigenvalue weighted by molar-refractivity contribution is 7.89. The molecule has 6 nitrogen and oxygen atoms in total. The lowest BCUT2D eigenvalue weighted by atomic mass is 10.2. The summed E-state index contributed by atoms with van der Waals surface area (Å²) in [6.45, 7) is 3.07. The average Bonchev–Trinajstić information content (AvgIpc) is 2.56. The minimum Gasteiger partial charge on any atom is -0.215 e. The molecule has 0 aromatic heterocycles. The first kappa shape index (κ1) is 18.4. The van der Waals surface area contributed by atoms with Gasteiger partial charge in [0.2, 0.25) is 20.0 Å². The van der Waals surface area contributed by atoms with Gasteiger partial charge in [-0.1, -0.05) is 18.6 Å². The minimum atomic E-state index is -3.40. The lowest BCUT2D eigenvalue weighted by Gasteiger charge is -2.25. The van der Waals surface area contributed by atoms with Gasteiger partial charge in [-0.05, 0) is 43.9 Å². The zero-order valence-corrected chi connectivity index (χ0v) is 15.0. The molecule has 0 bridgehead atoms. The Labute approximate surface area is 139 Å². The number of hydrogen-bond donors (Lipinski definition) is 1. The molecule has 0 radical (unpaired) electrons. The largest absolute Gasteiger partial charge is 0.243 e. The molecule has 1 aliphatic heterocycles. The van der Waals surface area contributed by atoms with E-state index in [9.17, 15) is 16.8 Å². The van der Waals surface area contributed by atoms with Gasteiger partial charge >= 0.3 is 0 Å². The summed E-state index contributed by atoms with van der Waals surface area (Å²) in [5.41, 5.74) is 0.904. The third kappa shape index (κ3) is 5.00. The van der Waals surface area contributed by atoms with Crippen LogP contribution in [0.4, 0.5) is 0 Å². The highest BCUT2D eigenvalue weighted by Crippen LogP contribution is 2.20. The van der Waals surface area contributed by atoms with Gasteiger partial charge in [-0.25, -0.2) is 21.6 Å². The molecule has 1 fully saturated rings. The Morgan fingerprint density at radius 2 is 1.61 bits per heavy atom. The number of nitrogens with one attached hydrogen (secondary N) is 1. The third-order valence-electron chi connectivity index (χ3n) is 3.99. The molecule has 8 heteroatoms. The minimum absolute atomic E-state index is 0.0556. The zero-order valence-electron chi connectivity index (χ0n) is 13.4. The van der Waals surface area contributed by atoms with Crippen LogP contribution in [0.1, 0.15) is 31.7 Å². The monoisotopic (exact) mass is 360 g/mol. The van der Waals surface area contributed by atoms with Crippen LogP contribution in [0.5, 0.6) is 0 Å². The predicted molar refractivity (Wildman–Crippen MR) is 90.2 cm³/mol. The van der Waals surface area contributed by atoms with Crippen molar-refractivity contribution in [2.24, 2.45) is 0 Å². The lowest BCUT2D eigenvalue weighted by molar-refractivity contribution is 0.346. The van der Waals surface area contributed by atoms with Gasteiger partial charge in [0.1, 0.15) is 0 Å². The Balaban J connectivity index is 1.99. The Hall–Kier alpha value is -0.960. The van der Waals surface area contributed by atoms with Gasteiger partial charge in [-0.15, -0.1) is 0 Å². The van der Waals surface area contributed by atoms with E-state index in [1.807, 2.05) is 0 Å². The van der Waals surface area contributed by atoms with Gasteiger partial charge < -0.3 is 0 Å². The van der Waals surface area contributed by atoms with Crippen LogP contribution in [-0.4, -0.2) is 46.5 Å². The number of hydrogen-bond acceptors (Lipinski definition) is 4.